The number of rotatable bonds is 5. The highest BCUT2D eigenvalue weighted by Crippen LogP contribution is 2.27. The van der Waals surface area contributed by atoms with Crippen LogP contribution < -0.4 is 10.2 Å². The van der Waals surface area contributed by atoms with Crippen LogP contribution in [0.5, 0.6) is 0 Å². The molecule has 2 aromatic carbocycles. The Morgan fingerprint density at radius 3 is 2.52 bits per heavy atom. The van der Waals surface area contributed by atoms with E-state index >= 15 is 0 Å². The van der Waals surface area contributed by atoms with Gasteiger partial charge in [0.1, 0.15) is 0 Å². The molecule has 2 aromatic rings. The number of para-hydroxylation sites is 1. The van der Waals surface area contributed by atoms with Crippen LogP contribution in [0, 0.1) is 0 Å². The monoisotopic (exact) mass is 368 g/mol. The second-order valence-electron chi connectivity index (χ2n) is 6.09. The van der Waals surface area contributed by atoms with Crippen molar-refractivity contribution < 1.29 is 23.9 Å². The fourth-order valence-electron chi connectivity index (χ4n) is 3.11. The minimum atomic E-state index is -0.603. The van der Waals surface area contributed by atoms with Crippen LogP contribution in [0.1, 0.15) is 26.3 Å². The van der Waals surface area contributed by atoms with Gasteiger partial charge in [-0.3, -0.25) is 4.79 Å². The number of benzene rings is 2. The van der Waals surface area contributed by atoms with Gasteiger partial charge in [-0.25, -0.2) is 9.59 Å². The number of amides is 1. The Balaban J connectivity index is 1.80. The van der Waals surface area contributed by atoms with Gasteiger partial charge in [-0.1, -0.05) is 18.2 Å². The Morgan fingerprint density at radius 2 is 1.78 bits per heavy atom. The smallest absolute Gasteiger partial charge is 0.339 e. The van der Waals surface area contributed by atoms with E-state index in [1.165, 1.54) is 38.0 Å². The van der Waals surface area contributed by atoms with Gasteiger partial charge in [0, 0.05) is 12.2 Å². The maximum Gasteiger partial charge on any atom is 0.339 e. The van der Waals surface area contributed by atoms with Crippen LogP contribution in [-0.2, 0) is 20.7 Å². The van der Waals surface area contributed by atoms with Crippen molar-refractivity contribution >= 4 is 29.2 Å². The number of carbonyl (C=O) groups is 3. The SMILES string of the molecule is COC(=O)c1ccc(C(=O)OC)c(NC(=O)CN2CCc3ccccc32)c1. The van der Waals surface area contributed by atoms with Gasteiger partial charge in [0.05, 0.1) is 37.6 Å². The lowest BCUT2D eigenvalue weighted by molar-refractivity contribution is -0.115. The molecule has 140 valence electrons. The molecule has 0 aliphatic carbocycles. The maximum absolute atomic E-state index is 12.6. The summed E-state index contributed by atoms with van der Waals surface area (Å²) in [7, 11) is 2.52. The van der Waals surface area contributed by atoms with Crippen LogP contribution in [-0.4, -0.2) is 45.2 Å². The van der Waals surface area contributed by atoms with Crippen molar-refractivity contribution in [3.05, 3.63) is 59.2 Å². The number of esters is 2. The average Bonchev–Trinajstić information content (AvgIpc) is 3.09. The van der Waals surface area contributed by atoms with Gasteiger partial charge in [-0.15, -0.1) is 0 Å². The first-order valence-electron chi connectivity index (χ1n) is 8.47. The molecule has 0 aromatic heterocycles. The summed E-state index contributed by atoms with van der Waals surface area (Å²) in [4.78, 5) is 38.3. The quantitative estimate of drug-likeness (QED) is 0.815. The number of carbonyl (C=O) groups excluding carboxylic acids is 3. The normalized spacial score (nSPS) is 12.3. The van der Waals surface area contributed by atoms with Crippen molar-refractivity contribution in [3.63, 3.8) is 0 Å². The molecular weight excluding hydrogens is 348 g/mol. The fourth-order valence-corrected chi connectivity index (χ4v) is 3.11. The topological polar surface area (TPSA) is 84.9 Å². The minimum Gasteiger partial charge on any atom is -0.465 e. The van der Waals surface area contributed by atoms with Crippen molar-refractivity contribution in [2.45, 2.75) is 6.42 Å². The number of hydrogen-bond donors (Lipinski definition) is 1. The molecule has 0 fully saturated rings. The molecule has 27 heavy (non-hydrogen) atoms. The van der Waals surface area contributed by atoms with E-state index < -0.39 is 11.9 Å². The van der Waals surface area contributed by atoms with E-state index in [4.69, 9.17) is 9.47 Å². The molecular formula is C20H20N2O5. The molecule has 0 spiro atoms. The molecule has 7 heteroatoms. The predicted molar refractivity (Wildman–Crippen MR) is 100 cm³/mol. The van der Waals surface area contributed by atoms with E-state index in [0.717, 1.165) is 18.7 Å². The highest BCUT2D eigenvalue weighted by Gasteiger charge is 2.22. The summed E-state index contributed by atoms with van der Waals surface area (Å²) >= 11 is 0. The molecule has 0 unspecified atom stereocenters. The molecule has 0 saturated heterocycles. The Bertz CT molecular complexity index is 894. The minimum absolute atomic E-state index is 0.139. The zero-order chi connectivity index (χ0) is 19.4. The Hall–Kier alpha value is -3.35. The molecule has 1 aliphatic heterocycles. The number of hydrogen-bond acceptors (Lipinski definition) is 6. The van der Waals surface area contributed by atoms with Gasteiger partial charge in [-0.2, -0.15) is 0 Å². The van der Waals surface area contributed by atoms with E-state index in [1.807, 2.05) is 29.2 Å². The van der Waals surface area contributed by atoms with Crippen LogP contribution in [0.25, 0.3) is 0 Å². The first kappa shape index (κ1) is 18.4. The van der Waals surface area contributed by atoms with Crippen LogP contribution in [0.2, 0.25) is 0 Å². The zero-order valence-corrected chi connectivity index (χ0v) is 15.2. The molecule has 0 atom stereocenters. The lowest BCUT2D eigenvalue weighted by Gasteiger charge is -2.19. The third kappa shape index (κ3) is 3.92. The van der Waals surface area contributed by atoms with E-state index in [-0.39, 0.29) is 29.3 Å². The van der Waals surface area contributed by atoms with Crippen molar-refractivity contribution in [1.29, 1.82) is 0 Å². The van der Waals surface area contributed by atoms with Crippen LogP contribution in [0.3, 0.4) is 0 Å². The maximum atomic E-state index is 12.6. The van der Waals surface area contributed by atoms with E-state index in [2.05, 4.69) is 5.32 Å². The summed E-state index contributed by atoms with van der Waals surface area (Å²) in [6, 6.07) is 12.2. The van der Waals surface area contributed by atoms with Gasteiger partial charge in [-0.05, 0) is 36.2 Å². The summed E-state index contributed by atoms with van der Waals surface area (Å²) in [6.07, 6.45) is 0.884. The highest BCUT2D eigenvalue weighted by atomic mass is 16.5. The molecule has 0 saturated carbocycles. The molecule has 1 amide bonds. The number of nitrogens with one attached hydrogen (secondary N) is 1. The third-order valence-corrected chi connectivity index (χ3v) is 4.44. The number of anilines is 2. The molecule has 1 aliphatic rings. The van der Waals surface area contributed by atoms with Crippen LogP contribution >= 0.6 is 0 Å². The first-order valence-corrected chi connectivity index (χ1v) is 8.47. The first-order chi connectivity index (χ1) is 13.0. The number of methoxy groups -OCH3 is 2. The molecule has 1 heterocycles. The molecule has 0 radical (unpaired) electrons. The number of nitrogens with zero attached hydrogens (tertiary/aromatic N) is 1. The summed E-state index contributed by atoms with van der Waals surface area (Å²) in [5.74, 6) is -1.46. The summed E-state index contributed by atoms with van der Waals surface area (Å²) < 4.78 is 9.44. The van der Waals surface area contributed by atoms with Gasteiger partial charge in [0.15, 0.2) is 0 Å². The highest BCUT2D eigenvalue weighted by molar-refractivity contribution is 6.04. The number of fused-ring (bicyclic) bond motifs is 1. The van der Waals surface area contributed by atoms with E-state index in [9.17, 15) is 14.4 Å². The lowest BCUT2D eigenvalue weighted by Crippen LogP contribution is -2.32. The standard InChI is InChI=1S/C20H20N2O5/c1-26-19(24)14-7-8-15(20(25)27-2)16(11-14)21-18(23)12-22-10-9-13-5-3-4-6-17(13)22/h3-8,11H,9-10,12H2,1-2H3,(H,21,23). The molecule has 0 bridgehead atoms. The van der Waals surface area contributed by atoms with E-state index in [0.29, 0.717) is 0 Å². The lowest BCUT2D eigenvalue weighted by atomic mass is 10.1. The van der Waals surface area contributed by atoms with Crippen molar-refractivity contribution in [2.75, 3.05) is 37.5 Å². The Morgan fingerprint density at radius 1 is 1.04 bits per heavy atom. The fraction of sp³-hybridized carbons (Fsp3) is 0.250. The van der Waals surface area contributed by atoms with Crippen LogP contribution in [0.15, 0.2) is 42.5 Å². The van der Waals surface area contributed by atoms with Gasteiger partial charge >= 0.3 is 11.9 Å². The summed E-state index contributed by atoms with van der Waals surface area (Å²) in [5.41, 5.74) is 2.84. The largest absolute Gasteiger partial charge is 0.465 e. The molecule has 3 rings (SSSR count). The molecule has 7 nitrogen and oxygen atoms in total. The van der Waals surface area contributed by atoms with Gasteiger partial charge < -0.3 is 19.7 Å². The summed E-state index contributed by atoms with van der Waals surface area (Å²) in [5, 5.41) is 2.71. The Labute approximate surface area is 156 Å². The van der Waals surface area contributed by atoms with Crippen molar-refractivity contribution in [2.24, 2.45) is 0 Å². The Kier molecular flexibility index (Phi) is 5.40. The van der Waals surface area contributed by atoms with Gasteiger partial charge in [0.25, 0.3) is 0 Å². The van der Waals surface area contributed by atoms with Crippen LogP contribution in [0.4, 0.5) is 11.4 Å². The van der Waals surface area contributed by atoms with E-state index in [1.54, 1.807) is 0 Å². The van der Waals surface area contributed by atoms with Crippen molar-refractivity contribution in [3.8, 4) is 0 Å². The zero-order valence-electron chi connectivity index (χ0n) is 15.2. The second kappa shape index (κ2) is 7.90. The molecule has 1 N–H and O–H groups in total. The number of ether oxygens (including phenoxy) is 2. The second-order valence-corrected chi connectivity index (χ2v) is 6.09. The third-order valence-electron chi connectivity index (χ3n) is 4.44. The predicted octanol–water partition coefficient (Wildman–Crippen LogP) is 2.26. The average molecular weight is 368 g/mol. The van der Waals surface area contributed by atoms with Gasteiger partial charge in [0.2, 0.25) is 5.91 Å². The summed E-state index contributed by atoms with van der Waals surface area (Å²) in [6.45, 7) is 0.888. The van der Waals surface area contributed by atoms with Crippen molar-refractivity contribution in [1.82, 2.24) is 0 Å².